The van der Waals surface area contributed by atoms with E-state index in [0.717, 1.165) is 36.8 Å². The highest BCUT2D eigenvalue weighted by Gasteiger charge is 2.29. The summed E-state index contributed by atoms with van der Waals surface area (Å²) in [4.78, 5) is 12.3. The van der Waals surface area contributed by atoms with Gasteiger partial charge in [0, 0.05) is 0 Å². The molecule has 1 unspecified atom stereocenters. The minimum absolute atomic E-state index is 0.143. The molecule has 0 aliphatic heterocycles. The maximum atomic E-state index is 12.8. The van der Waals surface area contributed by atoms with Crippen molar-refractivity contribution in [3.8, 4) is 11.1 Å². The number of nitrogens with one attached hydrogen (secondary N) is 1. The molecule has 1 saturated carbocycles. The number of sulfonamides is 1. The largest absolute Gasteiger partial charge is 0.468 e. The van der Waals surface area contributed by atoms with Gasteiger partial charge in [-0.3, -0.25) is 4.79 Å². The molecule has 0 bridgehead atoms. The van der Waals surface area contributed by atoms with Crippen LogP contribution in [0.3, 0.4) is 0 Å². The van der Waals surface area contributed by atoms with Crippen LogP contribution in [0, 0.1) is 5.92 Å². The Kier molecular flexibility index (Phi) is 6.86. The van der Waals surface area contributed by atoms with Gasteiger partial charge < -0.3 is 4.74 Å². The summed E-state index contributed by atoms with van der Waals surface area (Å²) in [5.74, 6) is -0.184. The summed E-state index contributed by atoms with van der Waals surface area (Å²) in [5, 5.41) is 0. The zero-order valence-electron chi connectivity index (χ0n) is 16.1. The van der Waals surface area contributed by atoms with Crippen LogP contribution in [0.2, 0.25) is 0 Å². The number of hydrogen-bond acceptors (Lipinski definition) is 4. The van der Waals surface area contributed by atoms with Crippen molar-refractivity contribution < 1.29 is 17.9 Å². The highest BCUT2D eigenvalue weighted by atomic mass is 32.2. The van der Waals surface area contributed by atoms with Gasteiger partial charge in [0.25, 0.3) is 0 Å². The van der Waals surface area contributed by atoms with Crippen molar-refractivity contribution in [3.63, 3.8) is 0 Å². The zero-order valence-corrected chi connectivity index (χ0v) is 17.0. The molecule has 1 aliphatic carbocycles. The Balaban J connectivity index is 1.75. The molecule has 5 nitrogen and oxygen atoms in total. The van der Waals surface area contributed by atoms with Gasteiger partial charge in [-0.2, -0.15) is 4.72 Å². The van der Waals surface area contributed by atoms with Crippen LogP contribution in [0.4, 0.5) is 0 Å². The number of ether oxygens (including phenoxy) is 1. The summed E-state index contributed by atoms with van der Waals surface area (Å²) in [6.45, 7) is 0. The number of esters is 1. The lowest BCUT2D eigenvalue weighted by Gasteiger charge is -2.25. The van der Waals surface area contributed by atoms with Crippen molar-refractivity contribution in [2.24, 2.45) is 5.92 Å². The normalized spacial score (nSPS) is 16.5. The molecule has 3 rings (SSSR count). The van der Waals surface area contributed by atoms with Gasteiger partial charge in [-0.15, -0.1) is 0 Å². The van der Waals surface area contributed by atoms with E-state index in [0.29, 0.717) is 12.3 Å². The molecule has 150 valence electrons. The van der Waals surface area contributed by atoms with E-state index in [1.165, 1.54) is 13.5 Å². The van der Waals surface area contributed by atoms with E-state index in [1.807, 2.05) is 30.3 Å². The van der Waals surface area contributed by atoms with Crippen molar-refractivity contribution in [2.45, 2.75) is 49.5 Å². The van der Waals surface area contributed by atoms with E-state index < -0.39 is 22.0 Å². The van der Waals surface area contributed by atoms with Crippen LogP contribution in [0.25, 0.3) is 11.1 Å². The highest BCUT2D eigenvalue weighted by molar-refractivity contribution is 7.89. The van der Waals surface area contributed by atoms with E-state index in [4.69, 9.17) is 4.74 Å². The van der Waals surface area contributed by atoms with Crippen LogP contribution < -0.4 is 4.72 Å². The predicted molar refractivity (Wildman–Crippen MR) is 109 cm³/mol. The molecule has 2 aromatic carbocycles. The van der Waals surface area contributed by atoms with Crippen LogP contribution >= 0.6 is 0 Å². The van der Waals surface area contributed by atoms with Crippen LogP contribution in [0.1, 0.15) is 38.5 Å². The first kappa shape index (κ1) is 20.6. The first-order chi connectivity index (χ1) is 13.5. The molecule has 0 saturated heterocycles. The first-order valence-corrected chi connectivity index (χ1v) is 11.2. The Labute approximate surface area is 167 Å². The third kappa shape index (κ3) is 5.20. The minimum atomic E-state index is -3.82. The van der Waals surface area contributed by atoms with E-state index in [-0.39, 0.29) is 4.90 Å². The lowest BCUT2D eigenvalue weighted by atomic mass is 9.85. The zero-order chi connectivity index (χ0) is 20.0. The average Bonchev–Trinajstić information content (AvgIpc) is 2.74. The summed E-state index contributed by atoms with van der Waals surface area (Å²) in [6.07, 6.45) is 6.01. The highest BCUT2D eigenvalue weighted by Crippen LogP contribution is 2.28. The molecule has 1 atom stereocenters. The Morgan fingerprint density at radius 1 is 1.00 bits per heavy atom. The second kappa shape index (κ2) is 9.34. The van der Waals surface area contributed by atoms with E-state index in [2.05, 4.69) is 4.72 Å². The Bertz CT molecular complexity index is 873. The minimum Gasteiger partial charge on any atom is -0.468 e. The number of hydrogen-bond donors (Lipinski definition) is 1. The Morgan fingerprint density at radius 3 is 2.21 bits per heavy atom. The molecule has 0 spiro atoms. The maximum Gasteiger partial charge on any atom is 0.323 e. The monoisotopic (exact) mass is 401 g/mol. The fourth-order valence-electron chi connectivity index (χ4n) is 3.80. The molecular formula is C22H27NO4S. The summed E-state index contributed by atoms with van der Waals surface area (Å²) in [7, 11) is -2.52. The standard InChI is InChI=1S/C22H27NO4S/c1-27-22(24)21(16-17-8-4-2-5-9-17)23-28(25,26)20-14-12-19(13-15-20)18-10-6-3-7-11-18/h3,6-7,10-15,17,21,23H,2,4-5,8-9,16H2,1H3. The Hall–Kier alpha value is -2.18. The molecular weight excluding hydrogens is 374 g/mol. The number of carbonyl (C=O) groups excluding carboxylic acids is 1. The van der Waals surface area contributed by atoms with E-state index >= 15 is 0 Å². The quantitative estimate of drug-likeness (QED) is 0.708. The van der Waals surface area contributed by atoms with Gasteiger partial charge >= 0.3 is 5.97 Å². The maximum absolute atomic E-state index is 12.8. The second-order valence-electron chi connectivity index (χ2n) is 7.33. The summed E-state index contributed by atoms with van der Waals surface area (Å²) in [6, 6.07) is 15.6. The van der Waals surface area contributed by atoms with E-state index in [9.17, 15) is 13.2 Å². The topological polar surface area (TPSA) is 72.5 Å². The summed E-state index contributed by atoms with van der Waals surface area (Å²) >= 11 is 0. The molecule has 0 radical (unpaired) electrons. The van der Waals surface area contributed by atoms with Gasteiger partial charge in [0.15, 0.2) is 0 Å². The molecule has 0 aromatic heterocycles. The molecule has 0 amide bonds. The van der Waals surface area contributed by atoms with Gasteiger partial charge in [-0.05, 0) is 35.6 Å². The van der Waals surface area contributed by atoms with Gasteiger partial charge in [-0.1, -0.05) is 74.6 Å². The smallest absolute Gasteiger partial charge is 0.323 e. The average molecular weight is 402 g/mol. The van der Waals surface area contributed by atoms with Gasteiger partial charge in [0.1, 0.15) is 6.04 Å². The molecule has 1 aliphatic rings. The third-order valence-electron chi connectivity index (χ3n) is 5.35. The van der Waals surface area contributed by atoms with Gasteiger partial charge in [0.05, 0.1) is 12.0 Å². The number of rotatable bonds is 7. The van der Waals surface area contributed by atoms with Crippen molar-refractivity contribution in [1.29, 1.82) is 0 Å². The van der Waals surface area contributed by atoms with Crippen molar-refractivity contribution >= 4 is 16.0 Å². The lowest BCUT2D eigenvalue weighted by Crippen LogP contribution is -2.42. The number of benzene rings is 2. The Morgan fingerprint density at radius 2 is 1.61 bits per heavy atom. The van der Waals surface area contributed by atoms with Crippen molar-refractivity contribution in [2.75, 3.05) is 7.11 Å². The summed E-state index contributed by atoms with van der Waals surface area (Å²) in [5.41, 5.74) is 1.95. The summed E-state index contributed by atoms with van der Waals surface area (Å²) < 4.78 is 33.1. The van der Waals surface area contributed by atoms with Crippen molar-refractivity contribution in [1.82, 2.24) is 4.72 Å². The molecule has 28 heavy (non-hydrogen) atoms. The molecule has 0 heterocycles. The molecule has 1 fully saturated rings. The fourth-order valence-corrected chi connectivity index (χ4v) is 5.00. The van der Waals surface area contributed by atoms with Crippen LogP contribution in [-0.2, 0) is 19.6 Å². The van der Waals surface area contributed by atoms with Gasteiger partial charge in [0.2, 0.25) is 10.0 Å². The first-order valence-electron chi connectivity index (χ1n) is 9.75. The van der Waals surface area contributed by atoms with E-state index in [1.54, 1.807) is 24.3 Å². The third-order valence-corrected chi connectivity index (χ3v) is 6.84. The lowest BCUT2D eigenvalue weighted by molar-refractivity contribution is -0.143. The van der Waals surface area contributed by atoms with Gasteiger partial charge in [-0.25, -0.2) is 8.42 Å². The van der Waals surface area contributed by atoms with Crippen LogP contribution in [-0.4, -0.2) is 27.5 Å². The molecule has 1 N–H and O–H groups in total. The second-order valence-corrected chi connectivity index (χ2v) is 9.04. The fraction of sp³-hybridized carbons (Fsp3) is 0.409. The van der Waals surface area contributed by atoms with Crippen LogP contribution in [0.5, 0.6) is 0 Å². The van der Waals surface area contributed by atoms with Crippen LogP contribution in [0.15, 0.2) is 59.5 Å². The molecule has 2 aromatic rings. The predicted octanol–water partition coefficient (Wildman–Crippen LogP) is 4.14. The van der Waals surface area contributed by atoms with Crippen molar-refractivity contribution in [3.05, 3.63) is 54.6 Å². The number of carbonyl (C=O) groups is 1. The molecule has 6 heteroatoms. The SMILES string of the molecule is COC(=O)C(CC1CCCCC1)NS(=O)(=O)c1ccc(-c2ccccc2)cc1. The number of methoxy groups -OCH3 is 1.